The Morgan fingerprint density at radius 3 is 2.55 bits per heavy atom. The van der Waals surface area contributed by atoms with Crippen molar-refractivity contribution in [1.29, 1.82) is 0 Å². The number of hydrogen-bond donors (Lipinski definition) is 0. The number of halogens is 4. The second-order valence-corrected chi connectivity index (χ2v) is 4.67. The molecule has 8 heteroatoms. The Hall–Kier alpha value is -1.83. The van der Waals surface area contributed by atoms with E-state index in [1.54, 1.807) is 12.3 Å². The molecule has 0 fully saturated rings. The summed E-state index contributed by atoms with van der Waals surface area (Å²) in [6, 6.07) is 5.50. The third-order valence-corrected chi connectivity index (χ3v) is 2.74. The maximum Gasteiger partial charge on any atom is 0.573 e. The first-order valence-electron chi connectivity index (χ1n) is 5.36. The first kappa shape index (κ1) is 14.6. The van der Waals surface area contributed by atoms with Gasteiger partial charge in [-0.2, -0.15) is 5.10 Å². The zero-order chi connectivity index (χ0) is 14.8. The molecule has 0 N–H and O–H groups in total. The highest BCUT2D eigenvalue weighted by Crippen LogP contribution is 2.34. The van der Waals surface area contributed by atoms with Gasteiger partial charge < -0.3 is 9.47 Å². The van der Waals surface area contributed by atoms with Crippen molar-refractivity contribution >= 4 is 15.9 Å². The van der Waals surface area contributed by atoms with Crippen molar-refractivity contribution in [3.63, 3.8) is 0 Å². The fourth-order valence-electron chi connectivity index (χ4n) is 1.36. The zero-order valence-corrected chi connectivity index (χ0v) is 11.7. The smallest absolute Gasteiger partial charge is 0.437 e. The van der Waals surface area contributed by atoms with Crippen LogP contribution in [0.2, 0.25) is 0 Å². The average Bonchev–Trinajstić information content (AvgIpc) is 2.31. The van der Waals surface area contributed by atoms with Crippen molar-refractivity contribution in [3.8, 4) is 17.4 Å². The number of nitrogens with zero attached hydrogens (tertiary/aromatic N) is 2. The number of benzene rings is 1. The molecule has 20 heavy (non-hydrogen) atoms. The summed E-state index contributed by atoms with van der Waals surface area (Å²) in [5.74, 6) is 0.216. The lowest BCUT2D eigenvalue weighted by molar-refractivity contribution is -0.274. The van der Waals surface area contributed by atoms with E-state index in [0.29, 0.717) is 5.75 Å². The number of alkyl halides is 3. The van der Waals surface area contributed by atoms with Crippen molar-refractivity contribution < 1.29 is 22.6 Å². The van der Waals surface area contributed by atoms with E-state index >= 15 is 0 Å². The molecule has 0 aliphatic rings. The third kappa shape index (κ3) is 4.09. The van der Waals surface area contributed by atoms with Crippen LogP contribution in [0.5, 0.6) is 17.4 Å². The van der Waals surface area contributed by atoms with Gasteiger partial charge in [0.2, 0.25) is 5.88 Å². The molecule has 0 unspecified atom stereocenters. The van der Waals surface area contributed by atoms with Gasteiger partial charge >= 0.3 is 6.36 Å². The molecule has 0 saturated heterocycles. The molecular weight excluding hydrogens is 341 g/mol. The van der Waals surface area contributed by atoms with Gasteiger partial charge in [-0.05, 0) is 46.6 Å². The maximum atomic E-state index is 12.1. The van der Waals surface area contributed by atoms with Gasteiger partial charge in [0.15, 0.2) is 0 Å². The van der Waals surface area contributed by atoms with Crippen molar-refractivity contribution in [1.82, 2.24) is 10.2 Å². The summed E-state index contributed by atoms with van der Waals surface area (Å²) in [6.45, 7) is 1.82. The minimum absolute atomic E-state index is 0.118. The Labute approximate surface area is 120 Å². The number of rotatable bonds is 3. The van der Waals surface area contributed by atoms with Gasteiger partial charge in [-0.15, -0.1) is 18.3 Å². The van der Waals surface area contributed by atoms with Gasteiger partial charge in [-0.25, -0.2) is 0 Å². The summed E-state index contributed by atoms with van der Waals surface area (Å²) in [6.07, 6.45) is -3.18. The van der Waals surface area contributed by atoms with Crippen LogP contribution in [0.1, 0.15) is 5.56 Å². The number of aryl methyl sites for hydroxylation is 1. The van der Waals surface area contributed by atoms with Crippen LogP contribution in [0.4, 0.5) is 13.2 Å². The second-order valence-electron chi connectivity index (χ2n) is 3.81. The lowest BCUT2D eigenvalue weighted by Crippen LogP contribution is -2.17. The Morgan fingerprint density at radius 1 is 1.20 bits per heavy atom. The molecule has 1 aromatic carbocycles. The highest BCUT2D eigenvalue weighted by atomic mass is 79.9. The number of aromatic nitrogens is 2. The van der Waals surface area contributed by atoms with Crippen LogP contribution in [0.3, 0.4) is 0 Å². The highest BCUT2D eigenvalue weighted by Gasteiger charge is 2.32. The molecule has 4 nitrogen and oxygen atoms in total. The Kier molecular flexibility index (Phi) is 4.12. The van der Waals surface area contributed by atoms with Crippen molar-refractivity contribution in [2.24, 2.45) is 0 Å². The summed E-state index contributed by atoms with van der Waals surface area (Å²) in [5, 5.41) is 7.46. The minimum Gasteiger partial charge on any atom is -0.437 e. The molecule has 1 heterocycles. The molecule has 2 aromatic rings. The summed E-state index contributed by atoms with van der Waals surface area (Å²) in [4.78, 5) is 0. The predicted octanol–water partition coefficient (Wildman–Crippen LogP) is 4.24. The second kappa shape index (κ2) is 5.66. The van der Waals surface area contributed by atoms with Crippen LogP contribution < -0.4 is 9.47 Å². The van der Waals surface area contributed by atoms with E-state index in [9.17, 15) is 13.2 Å². The topological polar surface area (TPSA) is 44.2 Å². The van der Waals surface area contributed by atoms with Crippen LogP contribution in [0, 0.1) is 6.92 Å². The quantitative estimate of drug-likeness (QED) is 0.832. The molecule has 0 spiro atoms. The molecule has 2 rings (SSSR count). The first-order chi connectivity index (χ1) is 9.33. The van der Waals surface area contributed by atoms with Gasteiger partial charge in [-0.3, -0.25) is 0 Å². The molecule has 0 bridgehead atoms. The fraction of sp³-hybridized carbons (Fsp3) is 0.167. The SMILES string of the molecule is Cc1cnnc(Oc2ccc(OC(F)(F)F)c(Br)c2)c1. The van der Waals surface area contributed by atoms with Crippen LogP contribution in [-0.4, -0.2) is 16.6 Å². The van der Waals surface area contributed by atoms with E-state index in [4.69, 9.17) is 4.74 Å². The summed E-state index contributed by atoms with van der Waals surface area (Å²) < 4.78 is 45.7. The van der Waals surface area contributed by atoms with Crippen LogP contribution in [-0.2, 0) is 0 Å². The maximum absolute atomic E-state index is 12.1. The molecule has 1 aromatic heterocycles. The van der Waals surface area contributed by atoms with Gasteiger partial charge in [0, 0.05) is 6.07 Å². The van der Waals surface area contributed by atoms with E-state index in [1.165, 1.54) is 12.1 Å². The van der Waals surface area contributed by atoms with Crippen LogP contribution in [0.25, 0.3) is 0 Å². The Bertz CT molecular complexity index is 620. The molecule has 0 atom stereocenters. The van der Waals surface area contributed by atoms with Crippen LogP contribution >= 0.6 is 15.9 Å². The van der Waals surface area contributed by atoms with E-state index in [0.717, 1.165) is 11.6 Å². The van der Waals surface area contributed by atoms with Crippen molar-refractivity contribution in [2.45, 2.75) is 13.3 Å². The van der Waals surface area contributed by atoms with E-state index in [2.05, 4.69) is 30.9 Å². The molecule has 106 valence electrons. The van der Waals surface area contributed by atoms with Gasteiger partial charge in [-0.1, -0.05) is 0 Å². The molecule has 0 aliphatic carbocycles. The largest absolute Gasteiger partial charge is 0.573 e. The van der Waals surface area contributed by atoms with E-state index in [-0.39, 0.29) is 16.1 Å². The normalized spacial score (nSPS) is 11.2. The number of ether oxygens (including phenoxy) is 2. The molecular formula is C12H8BrF3N2O2. The lowest BCUT2D eigenvalue weighted by Gasteiger charge is -2.11. The third-order valence-electron chi connectivity index (χ3n) is 2.12. The Morgan fingerprint density at radius 2 is 1.95 bits per heavy atom. The van der Waals surface area contributed by atoms with E-state index in [1.807, 2.05) is 6.92 Å². The fourth-order valence-corrected chi connectivity index (χ4v) is 1.80. The molecule has 0 aliphatic heterocycles. The molecule has 0 radical (unpaired) electrons. The van der Waals surface area contributed by atoms with Gasteiger partial charge in [0.05, 0.1) is 10.7 Å². The van der Waals surface area contributed by atoms with E-state index < -0.39 is 6.36 Å². The average molecular weight is 349 g/mol. The molecule has 0 amide bonds. The van der Waals surface area contributed by atoms with Crippen molar-refractivity contribution in [2.75, 3.05) is 0 Å². The monoisotopic (exact) mass is 348 g/mol. The number of hydrogen-bond acceptors (Lipinski definition) is 4. The summed E-state index contributed by atoms with van der Waals surface area (Å²) in [5.41, 5.74) is 0.853. The minimum atomic E-state index is -4.74. The standard InChI is InChI=1S/C12H8BrF3N2O2/c1-7-4-11(18-17-6-7)19-8-2-3-10(9(13)5-8)20-12(14,15)16/h2-6H,1H3. The van der Waals surface area contributed by atoms with Crippen molar-refractivity contribution in [3.05, 3.63) is 40.5 Å². The lowest BCUT2D eigenvalue weighted by atomic mass is 10.3. The molecule has 0 saturated carbocycles. The Balaban J connectivity index is 2.17. The van der Waals surface area contributed by atoms with Gasteiger partial charge in [0.25, 0.3) is 0 Å². The van der Waals surface area contributed by atoms with Gasteiger partial charge in [0.1, 0.15) is 11.5 Å². The zero-order valence-electron chi connectivity index (χ0n) is 10.1. The summed E-state index contributed by atoms with van der Waals surface area (Å²) >= 11 is 2.99. The predicted molar refractivity (Wildman–Crippen MR) is 67.7 cm³/mol. The summed E-state index contributed by atoms with van der Waals surface area (Å²) in [7, 11) is 0. The highest BCUT2D eigenvalue weighted by molar-refractivity contribution is 9.10. The first-order valence-corrected chi connectivity index (χ1v) is 6.15. The van der Waals surface area contributed by atoms with Crippen LogP contribution in [0.15, 0.2) is 34.9 Å².